The number of hydrogen-bond donors (Lipinski definition) is 1. The molecule has 3 nitrogen and oxygen atoms in total. The lowest BCUT2D eigenvalue weighted by Gasteiger charge is -2.15. The van der Waals surface area contributed by atoms with Gasteiger partial charge in [-0.1, -0.05) is 15.9 Å². The Bertz CT molecular complexity index is 373. The van der Waals surface area contributed by atoms with E-state index in [9.17, 15) is 0 Å². The van der Waals surface area contributed by atoms with Crippen LogP contribution in [0.4, 0.5) is 0 Å². The maximum atomic E-state index is 8.89. The van der Waals surface area contributed by atoms with Crippen molar-refractivity contribution in [2.24, 2.45) is 0 Å². The van der Waals surface area contributed by atoms with Gasteiger partial charge in [0.05, 0.1) is 5.56 Å². The van der Waals surface area contributed by atoms with Crippen LogP contribution >= 0.6 is 15.9 Å². The van der Waals surface area contributed by atoms with Crippen molar-refractivity contribution in [1.29, 1.82) is 5.26 Å². The van der Waals surface area contributed by atoms with E-state index >= 15 is 0 Å². The Morgan fingerprint density at radius 2 is 2.33 bits per heavy atom. The molecule has 1 aromatic rings. The first-order chi connectivity index (χ1) is 7.17. The van der Waals surface area contributed by atoms with Gasteiger partial charge in [0.25, 0.3) is 0 Å². The summed E-state index contributed by atoms with van der Waals surface area (Å²) in [5.41, 5.74) is 0.557. The topological polar surface area (TPSA) is 45.0 Å². The second-order valence-electron chi connectivity index (χ2n) is 3.24. The number of likely N-dealkylation sites (N-methyl/N-ethyl adjacent to an activating group) is 1. The minimum atomic E-state index is 0.0383. The van der Waals surface area contributed by atoms with Gasteiger partial charge in [-0.2, -0.15) is 5.26 Å². The highest BCUT2D eigenvalue weighted by atomic mass is 79.9. The van der Waals surface area contributed by atoms with E-state index in [-0.39, 0.29) is 6.10 Å². The Hall–Kier alpha value is -1.05. The summed E-state index contributed by atoms with van der Waals surface area (Å²) in [7, 11) is 1.87. The second-order valence-corrected chi connectivity index (χ2v) is 4.15. The molecule has 0 aliphatic carbocycles. The molecule has 0 fully saturated rings. The standard InChI is InChI=1S/C11H13BrN2O/c1-8(7-14-2)15-11-5-10(12)4-3-9(11)6-13/h3-5,8,14H,7H2,1-2H3. The van der Waals surface area contributed by atoms with E-state index in [1.807, 2.05) is 26.1 Å². The van der Waals surface area contributed by atoms with Crippen LogP contribution in [0.5, 0.6) is 5.75 Å². The summed E-state index contributed by atoms with van der Waals surface area (Å²) in [6.45, 7) is 2.70. The van der Waals surface area contributed by atoms with Crippen molar-refractivity contribution < 1.29 is 4.74 Å². The van der Waals surface area contributed by atoms with Crippen LogP contribution in [-0.4, -0.2) is 19.7 Å². The average Bonchev–Trinajstić information content (AvgIpc) is 2.18. The molecule has 0 bridgehead atoms. The molecular formula is C11H13BrN2O. The molecule has 0 aliphatic heterocycles. The molecule has 4 heteroatoms. The third-order valence-electron chi connectivity index (χ3n) is 1.88. The molecule has 0 heterocycles. The van der Waals surface area contributed by atoms with Gasteiger partial charge in [-0.05, 0) is 32.2 Å². The lowest BCUT2D eigenvalue weighted by atomic mass is 10.2. The molecule has 0 spiro atoms. The summed E-state index contributed by atoms with van der Waals surface area (Å²) in [5, 5.41) is 11.9. The van der Waals surface area contributed by atoms with E-state index < -0.39 is 0 Å². The van der Waals surface area contributed by atoms with Gasteiger partial charge in [0, 0.05) is 11.0 Å². The predicted molar refractivity (Wildman–Crippen MR) is 62.9 cm³/mol. The summed E-state index contributed by atoms with van der Waals surface area (Å²) in [6, 6.07) is 7.48. The fraction of sp³-hybridized carbons (Fsp3) is 0.364. The summed E-state index contributed by atoms with van der Waals surface area (Å²) in [6.07, 6.45) is 0.0383. The Balaban J connectivity index is 2.83. The summed E-state index contributed by atoms with van der Waals surface area (Å²) >= 11 is 3.35. The maximum Gasteiger partial charge on any atom is 0.138 e. The first kappa shape index (κ1) is 12.0. The van der Waals surface area contributed by atoms with Crippen molar-refractivity contribution in [3.05, 3.63) is 28.2 Å². The van der Waals surface area contributed by atoms with Crippen LogP contribution < -0.4 is 10.1 Å². The van der Waals surface area contributed by atoms with Crippen LogP contribution in [0.25, 0.3) is 0 Å². The third-order valence-corrected chi connectivity index (χ3v) is 2.38. The first-order valence-corrected chi connectivity index (χ1v) is 5.47. The van der Waals surface area contributed by atoms with Crippen LogP contribution in [0, 0.1) is 11.3 Å². The lowest BCUT2D eigenvalue weighted by Crippen LogP contribution is -2.26. The fourth-order valence-electron chi connectivity index (χ4n) is 1.23. The number of rotatable bonds is 4. The lowest BCUT2D eigenvalue weighted by molar-refractivity contribution is 0.220. The van der Waals surface area contributed by atoms with Gasteiger partial charge in [0.2, 0.25) is 0 Å². The predicted octanol–water partition coefficient (Wildman–Crippen LogP) is 2.31. The van der Waals surface area contributed by atoms with Crippen LogP contribution in [0.3, 0.4) is 0 Å². The van der Waals surface area contributed by atoms with E-state index in [4.69, 9.17) is 10.00 Å². The summed E-state index contributed by atoms with van der Waals surface area (Å²) < 4.78 is 6.55. The highest BCUT2D eigenvalue weighted by Gasteiger charge is 2.08. The molecule has 1 aromatic carbocycles. The highest BCUT2D eigenvalue weighted by molar-refractivity contribution is 9.10. The third kappa shape index (κ3) is 3.54. The van der Waals surface area contributed by atoms with Gasteiger partial charge in [0.1, 0.15) is 17.9 Å². The van der Waals surface area contributed by atoms with E-state index in [1.165, 1.54) is 0 Å². The Labute approximate surface area is 98.2 Å². The SMILES string of the molecule is CNCC(C)Oc1cc(Br)ccc1C#N. The van der Waals surface area contributed by atoms with Crippen molar-refractivity contribution in [3.8, 4) is 11.8 Å². The Kier molecular flexibility index (Phi) is 4.60. The van der Waals surface area contributed by atoms with Crippen molar-refractivity contribution >= 4 is 15.9 Å². The van der Waals surface area contributed by atoms with E-state index in [2.05, 4.69) is 27.3 Å². The molecule has 1 rings (SSSR count). The van der Waals surface area contributed by atoms with Crippen LogP contribution in [0.2, 0.25) is 0 Å². The van der Waals surface area contributed by atoms with Crippen LogP contribution in [-0.2, 0) is 0 Å². The molecule has 0 saturated carbocycles. The first-order valence-electron chi connectivity index (χ1n) is 4.68. The zero-order chi connectivity index (χ0) is 11.3. The number of nitriles is 1. The molecule has 1 unspecified atom stereocenters. The molecule has 0 amide bonds. The van der Waals surface area contributed by atoms with Crippen molar-refractivity contribution in [2.75, 3.05) is 13.6 Å². The van der Waals surface area contributed by atoms with E-state index in [0.717, 1.165) is 11.0 Å². The highest BCUT2D eigenvalue weighted by Crippen LogP contribution is 2.23. The van der Waals surface area contributed by atoms with Crippen molar-refractivity contribution in [2.45, 2.75) is 13.0 Å². The zero-order valence-electron chi connectivity index (χ0n) is 8.75. The van der Waals surface area contributed by atoms with Crippen LogP contribution in [0.15, 0.2) is 22.7 Å². The van der Waals surface area contributed by atoms with Gasteiger partial charge < -0.3 is 10.1 Å². The Morgan fingerprint density at radius 1 is 1.60 bits per heavy atom. The second kappa shape index (κ2) is 5.74. The van der Waals surface area contributed by atoms with Gasteiger partial charge in [0.15, 0.2) is 0 Å². The number of ether oxygens (including phenoxy) is 1. The largest absolute Gasteiger partial charge is 0.488 e. The van der Waals surface area contributed by atoms with Crippen LogP contribution in [0.1, 0.15) is 12.5 Å². The minimum absolute atomic E-state index is 0.0383. The number of hydrogen-bond acceptors (Lipinski definition) is 3. The molecule has 1 N–H and O–H groups in total. The molecule has 0 saturated heterocycles. The van der Waals surface area contributed by atoms with Gasteiger partial charge in [-0.15, -0.1) is 0 Å². The summed E-state index contributed by atoms with van der Waals surface area (Å²) in [4.78, 5) is 0. The van der Waals surface area contributed by atoms with Gasteiger partial charge in [-0.3, -0.25) is 0 Å². The van der Waals surface area contributed by atoms with Gasteiger partial charge >= 0.3 is 0 Å². The quantitative estimate of drug-likeness (QED) is 0.912. The van der Waals surface area contributed by atoms with Crippen molar-refractivity contribution in [1.82, 2.24) is 5.32 Å². The minimum Gasteiger partial charge on any atom is -0.488 e. The number of halogens is 1. The summed E-state index contributed by atoms with van der Waals surface area (Å²) in [5.74, 6) is 0.620. The normalized spacial score (nSPS) is 11.9. The maximum absolute atomic E-state index is 8.89. The van der Waals surface area contributed by atoms with Gasteiger partial charge in [-0.25, -0.2) is 0 Å². The molecule has 0 aliphatic rings. The number of nitrogens with one attached hydrogen (secondary N) is 1. The Morgan fingerprint density at radius 3 is 2.93 bits per heavy atom. The molecular weight excluding hydrogens is 256 g/mol. The number of benzene rings is 1. The molecule has 0 radical (unpaired) electrons. The van der Waals surface area contributed by atoms with E-state index in [1.54, 1.807) is 6.07 Å². The smallest absolute Gasteiger partial charge is 0.138 e. The van der Waals surface area contributed by atoms with E-state index in [0.29, 0.717) is 11.3 Å². The monoisotopic (exact) mass is 268 g/mol. The molecule has 0 aromatic heterocycles. The average molecular weight is 269 g/mol. The molecule has 1 atom stereocenters. The fourth-order valence-corrected chi connectivity index (χ4v) is 1.57. The number of nitrogens with zero attached hydrogens (tertiary/aromatic N) is 1. The molecule has 80 valence electrons. The molecule has 15 heavy (non-hydrogen) atoms. The zero-order valence-corrected chi connectivity index (χ0v) is 10.3. The van der Waals surface area contributed by atoms with Crippen molar-refractivity contribution in [3.63, 3.8) is 0 Å².